The Morgan fingerprint density at radius 3 is 1.79 bits per heavy atom. The second-order valence-corrected chi connectivity index (χ2v) is 10.2. The molecule has 1 saturated heterocycles. The SMILES string of the molecule is NCCCCCCCCCCCNC(O)CCCCCN1C2C=CC=CC2C2C=CC=CC21. The molecule has 33 heavy (non-hydrogen) atoms. The van der Waals surface area contributed by atoms with Crippen molar-refractivity contribution in [1.29, 1.82) is 0 Å². The molecular weight excluding hydrogens is 406 g/mol. The number of nitrogens with one attached hydrogen (secondary N) is 1. The van der Waals surface area contributed by atoms with Crippen molar-refractivity contribution in [2.45, 2.75) is 102 Å². The summed E-state index contributed by atoms with van der Waals surface area (Å²) in [6.45, 7) is 2.93. The lowest BCUT2D eigenvalue weighted by molar-refractivity contribution is 0.123. The fourth-order valence-electron chi connectivity index (χ4n) is 5.78. The zero-order valence-corrected chi connectivity index (χ0v) is 20.8. The van der Waals surface area contributed by atoms with E-state index in [0.717, 1.165) is 32.5 Å². The number of fused-ring (bicyclic) bond motifs is 3. The number of nitrogens with two attached hydrogens (primary N) is 1. The predicted molar refractivity (Wildman–Crippen MR) is 141 cm³/mol. The van der Waals surface area contributed by atoms with Crippen molar-refractivity contribution in [2.24, 2.45) is 17.6 Å². The Hall–Kier alpha value is -1.20. The molecule has 2 aliphatic carbocycles. The minimum atomic E-state index is -0.342. The van der Waals surface area contributed by atoms with Crippen molar-refractivity contribution < 1.29 is 5.11 Å². The Kier molecular flexibility index (Phi) is 12.5. The third kappa shape index (κ3) is 8.83. The van der Waals surface area contributed by atoms with Crippen LogP contribution in [-0.4, -0.2) is 48.0 Å². The van der Waals surface area contributed by atoms with Crippen LogP contribution in [-0.2, 0) is 0 Å². The van der Waals surface area contributed by atoms with Crippen LogP contribution in [0.5, 0.6) is 0 Å². The molecule has 3 aliphatic rings. The van der Waals surface area contributed by atoms with Crippen LogP contribution >= 0.6 is 0 Å². The molecular formula is C29H49N3O. The molecule has 5 unspecified atom stereocenters. The molecule has 5 atom stereocenters. The normalized spacial score (nSPS) is 26.6. The maximum atomic E-state index is 10.2. The number of likely N-dealkylation sites (tertiary alicyclic amines) is 1. The molecule has 0 spiro atoms. The molecule has 0 aromatic rings. The third-order valence-electron chi connectivity index (χ3n) is 7.66. The second-order valence-electron chi connectivity index (χ2n) is 10.2. The summed E-state index contributed by atoms with van der Waals surface area (Å²) in [4.78, 5) is 2.70. The Labute approximate surface area is 203 Å². The third-order valence-corrected chi connectivity index (χ3v) is 7.66. The van der Waals surface area contributed by atoms with Gasteiger partial charge in [0, 0.05) is 23.9 Å². The fourth-order valence-corrected chi connectivity index (χ4v) is 5.78. The van der Waals surface area contributed by atoms with Crippen LogP contribution in [0.2, 0.25) is 0 Å². The summed E-state index contributed by atoms with van der Waals surface area (Å²) in [6, 6.07) is 1.08. The summed E-state index contributed by atoms with van der Waals surface area (Å²) in [7, 11) is 0. The molecule has 4 nitrogen and oxygen atoms in total. The molecule has 1 heterocycles. The van der Waals surface area contributed by atoms with Crippen molar-refractivity contribution in [1.82, 2.24) is 10.2 Å². The molecule has 0 aromatic carbocycles. The summed E-state index contributed by atoms with van der Waals surface area (Å²) in [5.41, 5.74) is 5.53. The number of aliphatic hydroxyl groups is 1. The lowest BCUT2D eigenvalue weighted by Gasteiger charge is -2.29. The molecule has 0 saturated carbocycles. The van der Waals surface area contributed by atoms with E-state index in [1.165, 1.54) is 70.6 Å². The van der Waals surface area contributed by atoms with Gasteiger partial charge in [-0.05, 0) is 51.7 Å². The zero-order chi connectivity index (χ0) is 23.1. The van der Waals surface area contributed by atoms with Crippen molar-refractivity contribution >= 4 is 0 Å². The van der Waals surface area contributed by atoms with E-state index in [-0.39, 0.29) is 6.23 Å². The van der Waals surface area contributed by atoms with Gasteiger partial charge in [0.25, 0.3) is 0 Å². The highest BCUT2D eigenvalue weighted by Crippen LogP contribution is 2.41. The van der Waals surface area contributed by atoms with Crippen molar-refractivity contribution in [2.75, 3.05) is 19.6 Å². The van der Waals surface area contributed by atoms with Gasteiger partial charge in [-0.1, -0.05) is 100.0 Å². The van der Waals surface area contributed by atoms with Crippen molar-refractivity contribution in [3.8, 4) is 0 Å². The molecule has 186 valence electrons. The quantitative estimate of drug-likeness (QED) is 0.190. The summed E-state index contributed by atoms with van der Waals surface area (Å²) >= 11 is 0. The van der Waals surface area contributed by atoms with Gasteiger partial charge in [0.15, 0.2) is 0 Å². The minimum absolute atomic E-state index is 0.342. The minimum Gasteiger partial charge on any atom is -0.379 e. The van der Waals surface area contributed by atoms with Gasteiger partial charge in [0.2, 0.25) is 0 Å². The molecule has 4 N–H and O–H groups in total. The number of nitrogens with zero attached hydrogens (tertiary/aromatic N) is 1. The van der Waals surface area contributed by atoms with E-state index in [1.54, 1.807) is 0 Å². The van der Waals surface area contributed by atoms with Gasteiger partial charge in [-0.15, -0.1) is 0 Å². The molecule has 0 aromatic heterocycles. The van der Waals surface area contributed by atoms with E-state index >= 15 is 0 Å². The van der Waals surface area contributed by atoms with Crippen LogP contribution < -0.4 is 11.1 Å². The number of hydrogen-bond acceptors (Lipinski definition) is 4. The average Bonchev–Trinajstić information content (AvgIpc) is 3.16. The summed E-state index contributed by atoms with van der Waals surface area (Å²) < 4.78 is 0. The van der Waals surface area contributed by atoms with Gasteiger partial charge in [0.1, 0.15) is 6.23 Å². The molecule has 3 rings (SSSR count). The number of rotatable bonds is 18. The van der Waals surface area contributed by atoms with Crippen LogP contribution in [0.4, 0.5) is 0 Å². The Morgan fingerprint density at radius 1 is 0.667 bits per heavy atom. The van der Waals surface area contributed by atoms with Gasteiger partial charge in [-0.3, -0.25) is 10.2 Å². The van der Waals surface area contributed by atoms with E-state index < -0.39 is 0 Å². The molecule has 1 fully saturated rings. The smallest absolute Gasteiger partial charge is 0.104 e. The molecule has 0 amide bonds. The van der Waals surface area contributed by atoms with Gasteiger partial charge < -0.3 is 10.8 Å². The molecule has 1 aliphatic heterocycles. The van der Waals surface area contributed by atoms with Crippen LogP contribution in [0.3, 0.4) is 0 Å². The van der Waals surface area contributed by atoms with Crippen LogP contribution in [0, 0.1) is 11.8 Å². The fraction of sp³-hybridized carbons (Fsp3) is 0.724. The van der Waals surface area contributed by atoms with Crippen molar-refractivity contribution in [3.05, 3.63) is 48.6 Å². The lowest BCUT2D eigenvalue weighted by Crippen LogP contribution is -2.37. The maximum Gasteiger partial charge on any atom is 0.104 e. The van der Waals surface area contributed by atoms with E-state index in [2.05, 4.69) is 58.8 Å². The highest BCUT2D eigenvalue weighted by molar-refractivity contribution is 5.30. The highest BCUT2D eigenvalue weighted by atomic mass is 16.3. The highest BCUT2D eigenvalue weighted by Gasteiger charge is 2.44. The van der Waals surface area contributed by atoms with Gasteiger partial charge in [-0.25, -0.2) is 0 Å². The zero-order valence-electron chi connectivity index (χ0n) is 20.8. The average molecular weight is 456 g/mol. The molecule has 0 radical (unpaired) electrons. The van der Waals surface area contributed by atoms with Crippen molar-refractivity contribution in [3.63, 3.8) is 0 Å². The largest absolute Gasteiger partial charge is 0.379 e. The monoisotopic (exact) mass is 455 g/mol. The van der Waals surface area contributed by atoms with E-state index in [1.807, 2.05) is 0 Å². The maximum absolute atomic E-state index is 10.2. The van der Waals surface area contributed by atoms with Crippen LogP contribution in [0.25, 0.3) is 0 Å². The Balaban J connectivity index is 1.17. The van der Waals surface area contributed by atoms with Gasteiger partial charge in [0.05, 0.1) is 0 Å². The summed E-state index contributed by atoms with van der Waals surface area (Å²) in [6.07, 6.45) is 34.1. The van der Waals surface area contributed by atoms with Gasteiger partial charge in [-0.2, -0.15) is 0 Å². The predicted octanol–water partition coefficient (Wildman–Crippen LogP) is 5.46. The molecule has 4 heteroatoms. The summed E-state index contributed by atoms with van der Waals surface area (Å²) in [5.74, 6) is 1.24. The Bertz CT molecular complexity index is 607. The first-order valence-electron chi connectivity index (χ1n) is 13.9. The van der Waals surface area contributed by atoms with Crippen LogP contribution in [0.1, 0.15) is 83.5 Å². The number of unbranched alkanes of at least 4 members (excludes halogenated alkanes) is 10. The van der Waals surface area contributed by atoms with E-state index in [0.29, 0.717) is 23.9 Å². The Morgan fingerprint density at radius 2 is 1.18 bits per heavy atom. The molecule has 0 bridgehead atoms. The number of allylic oxidation sites excluding steroid dienone is 4. The van der Waals surface area contributed by atoms with Crippen LogP contribution in [0.15, 0.2) is 48.6 Å². The number of aliphatic hydroxyl groups excluding tert-OH is 1. The van der Waals surface area contributed by atoms with Gasteiger partial charge >= 0.3 is 0 Å². The standard InChI is InChI=1S/C29H49N3O/c30-22-14-6-4-2-1-3-5-7-15-23-31-29(33)21-9-8-16-24-32-27-19-12-10-17-25(27)26-18-11-13-20-28(26)32/h10-13,17-20,25-29,31,33H,1-9,14-16,21-24,30H2. The lowest BCUT2D eigenvalue weighted by atomic mass is 9.83. The first-order valence-corrected chi connectivity index (χ1v) is 13.9. The van der Waals surface area contributed by atoms with E-state index in [9.17, 15) is 5.11 Å². The topological polar surface area (TPSA) is 61.5 Å². The van der Waals surface area contributed by atoms with E-state index in [4.69, 9.17) is 5.73 Å². The first kappa shape index (κ1) is 26.4. The first-order chi connectivity index (χ1) is 16.3. The summed E-state index contributed by atoms with van der Waals surface area (Å²) in [5, 5.41) is 13.6. The second kappa shape index (κ2) is 15.7. The number of hydrogen-bond donors (Lipinski definition) is 3.